The van der Waals surface area contributed by atoms with E-state index in [1.807, 2.05) is 30.3 Å². The van der Waals surface area contributed by atoms with Gasteiger partial charge in [0.1, 0.15) is 0 Å². The molecule has 11 heteroatoms. The van der Waals surface area contributed by atoms with Gasteiger partial charge in [0.25, 0.3) is 0 Å². The molecular weight excluding hydrogens is 528 g/mol. The minimum atomic E-state index is -4.94. The van der Waals surface area contributed by atoms with Gasteiger partial charge < -0.3 is 24.2 Å². The van der Waals surface area contributed by atoms with Crippen LogP contribution in [0.15, 0.2) is 48.5 Å². The molecular formula is C28H31F6NO4. The van der Waals surface area contributed by atoms with Gasteiger partial charge in [0, 0.05) is 31.0 Å². The Bertz CT molecular complexity index is 1100. The molecule has 0 bridgehead atoms. The van der Waals surface area contributed by atoms with Crippen LogP contribution in [0.2, 0.25) is 0 Å². The van der Waals surface area contributed by atoms with Crippen molar-refractivity contribution in [1.29, 1.82) is 0 Å². The number of likely N-dealkylation sites (tertiary alicyclic amines) is 1. The molecule has 0 saturated carbocycles. The van der Waals surface area contributed by atoms with Crippen molar-refractivity contribution in [2.45, 2.75) is 50.1 Å². The van der Waals surface area contributed by atoms with Crippen LogP contribution < -0.4 is 0 Å². The average molecular weight is 560 g/mol. The number of hydrogen-bond donors (Lipinski definition) is 1. The number of halogens is 6. The molecule has 3 aliphatic rings. The zero-order valence-corrected chi connectivity index (χ0v) is 21.3. The summed E-state index contributed by atoms with van der Waals surface area (Å²) in [7, 11) is 0. The monoisotopic (exact) mass is 559 g/mol. The molecule has 3 heterocycles. The van der Waals surface area contributed by atoms with Gasteiger partial charge in [0.15, 0.2) is 6.29 Å². The van der Waals surface area contributed by atoms with E-state index in [1.54, 1.807) is 0 Å². The minimum Gasteiger partial charge on any atom is -0.390 e. The van der Waals surface area contributed by atoms with Crippen LogP contribution in [-0.4, -0.2) is 61.9 Å². The van der Waals surface area contributed by atoms with E-state index in [-0.39, 0.29) is 28.9 Å². The average Bonchev–Trinajstić information content (AvgIpc) is 3.24. The van der Waals surface area contributed by atoms with E-state index < -0.39 is 42.0 Å². The second-order valence-electron chi connectivity index (χ2n) is 10.9. The Kier molecular flexibility index (Phi) is 7.75. The first-order chi connectivity index (χ1) is 18.4. The first-order valence-corrected chi connectivity index (χ1v) is 13.0. The molecule has 0 aromatic heterocycles. The molecule has 0 amide bonds. The first kappa shape index (κ1) is 28.4. The van der Waals surface area contributed by atoms with E-state index in [2.05, 4.69) is 4.90 Å². The van der Waals surface area contributed by atoms with Gasteiger partial charge in [-0.25, -0.2) is 0 Å². The second kappa shape index (κ2) is 10.7. The van der Waals surface area contributed by atoms with E-state index in [0.717, 1.165) is 5.56 Å². The Morgan fingerprint density at radius 1 is 1.03 bits per heavy atom. The smallest absolute Gasteiger partial charge is 0.390 e. The molecule has 0 radical (unpaired) electrons. The van der Waals surface area contributed by atoms with Gasteiger partial charge in [0.05, 0.1) is 43.2 Å². The number of alkyl halides is 6. The fourth-order valence-corrected chi connectivity index (χ4v) is 6.02. The topological polar surface area (TPSA) is 51.2 Å². The lowest BCUT2D eigenvalue weighted by atomic mass is 9.75. The zero-order valence-electron chi connectivity index (χ0n) is 21.3. The molecule has 1 spiro atoms. The summed E-state index contributed by atoms with van der Waals surface area (Å²) >= 11 is 0. The molecule has 3 aliphatic heterocycles. The van der Waals surface area contributed by atoms with Gasteiger partial charge in [-0.15, -0.1) is 0 Å². The van der Waals surface area contributed by atoms with Gasteiger partial charge in [0.2, 0.25) is 0 Å². The summed E-state index contributed by atoms with van der Waals surface area (Å²) in [6, 6.07) is 11.0. The number of aliphatic hydroxyl groups excluding tert-OH is 1. The Morgan fingerprint density at radius 3 is 2.23 bits per heavy atom. The Morgan fingerprint density at radius 2 is 1.67 bits per heavy atom. The molecule has 3 fully saturated rings. The zero-order chi connectivity index (χ0) is 28.0. The van der Waals surface area contributed by atoms with Crippen molar-refractivity contribution in [3.63, 3.8) is 0 Å². The van der Waals surface area contributed by atoms with Crippen LogP contribution in [-0.2, 0) is 26.6 Å². The Labute approximate surface area is 222 Å². The molecule has 5 atom stereocenters. The number of hydrogen-bond acceptors (Lipinski definition) is 5. The summed E-state index contributed by atoms with van der Waals surface area (Å²) in [6.45, 7) is 4.70. The van der Waals surface area contributed by atoms with Crippen LogP contribution >= 0.6 is 0 Å². The molecule has 2 aromatic carbocycles. The fourth-order valence-electron chi connectivity index (χ4n) is 6.02. The van der Waals surface area contributed by atoms with Crippen molar-refractivity contribution in [3.05, 3.63) is 70.8 Å². The largest absolute Gasteiger partial charge is 0.416 e. The summed E-state index contributed by atoms with van der Waals surface area (Å²) < 4.78 is 98.1. The highest BCUT2D eigenvalue weighted by Gasteiger charge is 2.53. The molecule has 3 saturated heterocycles. The van der Waals surface area contributed by atoms with Crippen molar-refractivity contribution in [2.75, 3.05) is 39.5 Å². The van der Waals surface area contributed by atoms with E-state index >= 15 is 0 Å². The van der Waals surface area contributed by atoms with Crippen molar-refractivity contribution in [1.82, 2.24) is 4.90 Å². The normalized spacial score (nSPS) is 28.4. The maximum atomic E-state index is 13.4. The number of ether oxygens (including phenoxy) is 3. The van der Waals surface area contributed by atoms with Gasteiger partial charge in [-0.05, 0) is 48.6 Å². The third-order valence-electron chi connectivity index (χ3n) is 8.12. The third-order valence-corrected chi connectivity index (χ3v) is 8.12. The molecule has 39 heavy (non-hydrogen) atoms. The van der Waals surface area contributed by atoms with Crippen LogP contribution in [0.1, 0.15) is 47.6 Å². The number of nitrogens with zero attached hydrogens (tertiary/aromatic N) is 1. The van der Waals surface area contributed by atoms with Crippen molar-refractivity contribution < 1.29 is 45.7 Å². The predicted octanol–water partition coefficient (Wildman–Crippen LogP) is 5.64. The van der Waals surface area contributed by atoms with Gasteiger partial charge in [-0.2, -0.15) is 26.3 Å². The van der Waals surface area contributed by atoms with E-state index in [1.165, 1.54) is 6.92 Å². The van der Waals surface area contributed by atoms with Crippen LogP contribution in [0.4, 0.5) is 26.3 Å². The van der Waals surface area contributed by atoms with E-state index in [4.69, 9.17) is 14.2 Å². The molecule has 0 aliphatic carbocycles. The lowest BCUT2D eigenvalue weighted by Gasteiger charge is -2.51. The van der Waals surface area contributed by atoms with Crippen LogP contribution in [0.5, 0.6) is 0 Å². The number of benzene rings is 2. The molecule has 1 N–H and O–H groups in total. The molecule has 5 rings (SSSR count). The second-order valence-corrected chi connectivity index (χ2v) is 10.9. The summed E-state index contributed by atoms with van der Waals surface area (Å²) in [4.78, 5) is 2.24. The van der Waals surface area contributed by atoms with Gasteiger partial charge >= 0.3 is 12.4 Å². The highest BCUT2D eigenvalue weighted by atomic mass is 19.4. The highest BCUT2D eigenvalue weighted by molar-refractivity contribution is 5.35. The van der Waals surface area contributed by atoms with Gasteiger partial charge in [-0.1, -0.05) is 30.3 Å². The summed E-state index contributed by atoms with van der Waals surface area (Å²) in [5.41, 5.74) is -2.32. The Hall–Kier alpha value is -2.18. The predicted molar refractivity (Wildman–Crippen MR) is 129 cm³/mol. The maximum absolute atomic E-state index is 13.4. The Balaban J connectivity index is 1.37. The number of aliphatic hydroxyl groups is 1. The first-order valence-electron chi connectivity index (χ1n) is 13.0. The standard InChI is InChI=1S/C28H31F6NO4/c1-17(20-9-21(27(29,30)31)11-22(10-20)28(32,33)34)39-25-24(18-5-3-2-4-6-18)19(7-8-38-25)12-35-14-26(15-35)16-37-13-23(26)36/h2-6,9-11,17,19,23-25,36H,7-8,12-16H2,1H3/t17-,19+,23+,24+,25-/m1/s1. The third kappa shape index (κ3) is 5.97. The minimum absolute atomic E-state index is 0.0578. The van der Waals surface area contributed by atoms with Crippen LogP contribution in [0.25, 0.3) is 0 Å². The van der Waals surface area contributed by atoms with Gasteiger partial charge in [-0.3, -0.25) is 0 Å². The van der Waals surface area contributed by atoms with Crippen molar-refractivity contribution >= 4 is 0 Å². The lowest BCUT2D eigenvalue weighted by molar-refractivity contribution is -0.213. The van der Waals surface area contributed by atoms with Crippen molar-refractivity contribution in [2.24, 2.45) is 11.3 Å². The highest BCUT2D eigenvalue weighted by Crippen LogP contribution is 2.44. The number of rotatable bonds is 6. The molecule has 2 aromatic rings. The lowest BCUT2D eigenvalue weighted by Crippen LogP contribution is -2.63. The maximum Gasteiger partial charge on any atom is 0.416 e. The quantitative estimate of drug-likeness (QED) is 0.465. The summed E-state index contributed by atoms with van der Waals surface area (Å²) in [5, 5.41) is 10.3. The molecule has 214 valence electrons. The van der Waals surface area contributed by atoms with E-state index in [9.17, 15) is 31.4 Å². The van der Waals surface area contributed by atoms with E-state index in [0.29, 0.717) is 58.0 Å². The fraction of sp³-hybridized carbons (Fsp3) is 0.571. The molecule has 5 nitrogen and oxygen atoms in total. The molecule has 0 unspecified atom stereocenters. The van der Waals surface area contributed by atoms with Crippen molar-refractivity contribution in [3.8, 4) is 0 Å². The SMILES string of the molecule is C[C@@H](O[C@H]1OCC[C@@H](CN2CC3(COC[C@@H]3O)C2)[C@@H]1c1ccccc1)c1cc(C(F)(F)F)cc(C(F)(F)F)c1. The van der Waals surface area contributed by atoms with Crippen LogP contribution in [0.3, 0.4) is 0 Å². The summed E-state index contributed by atoms with van der Waals surface area (Å²) in [5.74, 6) is -0.237. The van der Waals surface area contributed by atoms with Crippen LogP contribution in [0, 0.1) is 11.3 Å². The summed E-state index contributed by atoms with van der Waals surface area (Å²) in [6.07, 6.45) is -11.7.